The number of benzene rings is 2. The number of fused-ring (bicyclic) bond motifs is 4. The molecule has 0 aliphatic carbocycles. The maximum Gasteiger partial charge on any atom is 0.170 e. The van der Waals surface area contributed by atoms with Crippen molar-refractivity contribution in [3.05, 3.63) is 65.8 Å². The summed E-state index contributed by atoms with van der Waals surface area (Å²) in [5, 5.41) is 8.56. The van der Waals surface area contributed by atoms with Crippen LogP contribution in [0.5, 0.6) is 0 Å². The highest BCUT2D eigenvalue weighted by Crippen LogP contribution is 2.34. The van der Waals surface area contributed by atoms with Gasteiger partial charge in [-0.15, -0.1) is 22.0 Å². The third kappa shape index (κ3) is 2.14. The molecule has 5 aromatic rings. The van der Waals surface area contributed by atoms with Crippen LogP contribution >= 0.6 is 11.3 Å². The van der Waals surface area contributed by atoms with E-state index in [1.54, 1.807) is 11.3 Å². The molecular formula is C19H13N7S. The van der Waals surface area contributed by atoms with Gasteiger partial charge in [-0.3, -0.25) is 9.99 Å². The molecule has 3 aromatic heterocycles. The number of imidazole rings is 1. The van der Waals surface area contributed by atoms with Gasteiger partial charge in [-0.25, -0.2) is 15.5 Å². The molecule has 0 saturated heterocycles. The number of hydrogen-bond acceptors (Lipinski definition) is 7. The Morgan fingerprint density at radius 3 is 2.85 bits per heavy atom. The lowest BCUT2D eigenvalue weighted by atomic mass is 10.1. The summed E-state index contributed by atoms with van der Waals surface area (Å²) in [7, 11) is 0. The highest BCUT2D eigenvalue weighted by molar-refractivity contribution is 7.18. The molecule has 0 fully saturated rings. The van der Waals surface area contributed by atoms with Crippen LogP contribution < -0.4 is 16.5 Å². The number of aromatic nitrogens is 3. The second-order valence-corrected chi connectivity index (χ2v) is 7.17. The fourth-order valence-corrected chi connectivity index (χ4v) is 4.41. The Labute approximate surface area is 157 Å². The molecule has 7 nitrogen and oxygen atoms in total. The second kappa shape index (κ2) is 5.50. The monoisotopic (exact) mass is 371 g/mol. The molecule has 2 aromatic carbocycles. The molecule has 130 valence electrons. The Morgan fingerprint density at radius 2 is 1.93 bits per heavy atom. The molecule has 6 rings (SSSR count). The van der Waals surface area contributed by atoms with Gasteiger partial charge in [0, 0.05) is 21.0 Å². The van der Waals surface area contributed by atoms with Crippen LogP contribution in [0.15, 0.2) is 65.3 Å². The van der Waals surface area contributed by atoms with Gasteiger partial charge in [0.05, 0.1) is 16.6 Å². The predicted molar refractivity (Wildman–Crippen MR) is 108 cm³/mol. The number of hydrazone groups is 1. The molecule has 0 bridgehead atoms. The minimum absolute atomic E-state index is 0.736. The minimum Gasteiger partial charge on any atom is -0.285 e. The molecule has 0 saturated carbocycles. The van der Waals surface area contributed by atoms with Crippen molar-refractivity contribution >= 4 is 49.2 Å². The summed E-state index contributed by atoms with van der Waals surface area (Å²) in [5.41, 5.74) is 12.3. The zero-order chi connectivity index (χ0) is 17.8. The van der Waals surface area contributed by atoms with Gasteiger partial charge < -0.3 is 0 Å². The first kappa shape index (κ1) is 14.7. The average Bonchev–Trinajstić information content (AvgIpc) is 3.47. The van der Waals surface area contributed by atoms with Gasteiger partial charge in [-0.1, -0.05) is 24.3 Å². The van der Waals surface area contributed by atoms with Crippen LogP contribution in [0.4, 0.5) is 0 Å². The number of nitrogens with zero attached hydrogens (tertiary/aromatic N) is 4. The molecule has 0 unspecified atom stereocenters. The van der Waals surface area contributed by atoms with Gasteiger partial charge >= 0.3 is 0 Å². The maximum absolute atomic E-state index is 5.01. The molecule has 0 spiro atoms. The molecule has 1 aliphatic rings. The van der Waals surface area contributed by atoms with Crippen LogP contribution in [0.2, 0.25) is 0 Å². The zero-order valence-corrected chi connectivity index (χ0v) is 14.8. The summed E-state index contributed by atoms with van der Waals surface area (Å²) in [4.78, 5) is 9.53. The highest BCUT2D eigenvalue weighted by atomic mass is 32.1. The lowest BCUT2D eigenvalue weighted by molar-refractivity contribution is 0.577. The first-order valence-electron chi connectivity index (χ1n) is 8.46. The Balaban J connectivity index is 1.66. The highest BCUT2D eigenvalue weighted by Gasteiger charge is 2.15. The van der Waals surface area contributed by atoms with E-state index < -0.39 is 0 Å². The quantitative estimate of drug-likeness (QED) is 0.444. The van der Waals surface area contributed by atoms with E-state index >= 15 is 0 Å². The summed E-state index contributed by atoms with van der Waals surface area (Å²) < 4.78 is 3.28. The van der Waals surface area contributed by atoms with Gasteiger partial charge in [-0.2, -0.15) is 0 Å². The van der Waals surface area contributed by atoms with Crippen molar-refractivity contribution < 1.29 is 0 Å². The number of nitrogens with one attached hydrogen (secondary N) is 3. The zero-order valence-electron chi connectivity index (χ0n) is 14.0. The van der Waals surface area contributed by atoms with Crippen molar-refractivity contribution in [2.45, 2.75) is 0 Å². The van der Waals surface area contributed by atoms with E-state index in [1.807, 2.05) is 24.5 Å². The maximum atomic E-state index is 5.01. The van der Waals surface area contributed by atoms with E-state index in [2.05, 4.69) is 66.9 Å². The number of para-hydroxylation sites is 2. The molecular weight excluding hydrogens is 358 g/mol. The van der Waals surface area contributed by atoms with Crippen molar-refractivity contribution in [1.82, 2.24) is 31.0 Å². The summed E-state index contributed by atoms with van der Waals surface area (Å²) in [6.45, 7) is 0. The van der Waals surface area contributed by atoms with Crippen molar-refractivity contribution in [2.75, 3.05) is 0 Å². The number of amidine groups is 1. The normalized spacial score (nSPS) is 13.9. The van der Waals surface area contributed by atoms with Crippen LogP contribution in [0.1, 0.15) is 5.56 Å². The summed E-state index contributed by atoms with van der Waals surface area (Å²) in [5.74, 6) is 1.63. The standard InChI is InChI=1S/C19H13N7S/c1-2-4-16-14(3-1)20-10-26(16)19-13-7-8-27-17(13)12-6-5-11(9-15(12)21-19)18-22-24-25-23-18/h1-10,24-25H,(H,22,23). The Morgan fingerprint density at radius 1 is 0.963 bits per heavy atom. The van der Waals surface area contributed by atoms with E-state index in [9.17, 15) is 0 Å². The number of thiophene rings is 1. The summed E-state index contributed by atoms with van der Waals surface area (Å²) in [6, 6.07) is 16.4. The largest absolute Gasteiger partial charge is 0.285 e. The fourth-order valence-electron chi connectivity index (χ4n) is 3.48. The average molecular weight is 371 g/mol. The van der Waals surface area contributed by atoms with E-state index in [4.69, 9.17) is 4.98 Å². The number of hydrazine groups is 2. The number of pyridine rings is 1. The first-order valence-corrected chi connectivity index (χ1v) is 9.34. The third-order valence-electron chi connectivity index (χ3n) is 4.73. The molecule has 0 amide bonds. The fraction of sp³-hybridized carbons (Fsp3) is 0. The predicted octanol–water partition coefficient (Wildman–Crippen LogP) is 3.06. The smallest absolute Gasteiger partial charge is 0.170 e. The lowest BCUT2D eigenvalue weighted by Gasteiger charge is -2.09. The third-order valence-corrected chi connectivity index (χ3v) is 5.68. The molecule has 4 heterocycles. The second-order valence-electron chi connectivity index (χ2n) is 6.26. The van der Waals surface area contributed by atoms with Crippen molar-refractivity contribution in [3.8, 4) is 5.82 Å². The molecule has 27 heavy (non-hydrogen) atoms. The van der Waals surface area contributed by atoms with Gasteiger partial charge in [0.2, 0.25) is 0 Å². The molecule has 8 heteroatoms. The molecule has 0 radical (unpaired) electrons. The molecule has 1 aliphatic heterocycles. The van der Waals surface area contributed by atoms with Crippen molar-refractivity contribution in [2.24, 2.45) is 5.10 Å². The van der Waals surface area contributed by atoms with E-state index in [-0.39, 0.29) is 0 Å². The van der Waals surface area contributed by atoms with Gasteiger partial charge in [0.25, 0.3) is 0 Å². The summed E-state index contributed by atoms with van der Waals surface area (Å²) in [6.07, 6.45) is 1.84. The SMILES string of the molecule is c1ccc2c(c1)ncn2-c1nc2cc(C3=NNNN3)ccc2c2sccc12. The van der Waals surface area contributed by atoms with Crippen molar-refractivity contribution in [1.29, 1.82) is 0 Å². The Kier molecular flexibility index (Phi) is 2.99. The van der Waals surface area contributed by atoms with E-state index in [1.165, 1.54) is 4.70 Å². The first-order chi connectivity index (χ1) is 13.4. The van der Waals surface area contributed by atoms with Crippen LogP contribution in [0.3, 0.4) is 0 Å². The van der Waals surface area contributed by atoms with Crippen molar-refractivity contribution in [3.63, 3.8) is 0 Å². The number of hydrogen-bond donors (Lipinski definition) is 3. The van der Waals surface area contributed by atoms with Gasteiger partial charge in [0.15, 0.2) is 5.84 Å². The van der Waals surface area contributed by atoms with Crippen LogP contribution in [0.25, 0.3) is 37.8 Å². The molecule has 0 atom stereocenters. The van der Waals surface area contributed by atoms with Gasteiger partial charge in [-0.05, 0) is 29.6 Å². The lowest BCUT2D eigenvalue weighted by Crippen LogP contribution is -2.35. The number of rotatable bonds is 2. The van der Waals surface area contributed by atoms with E-state index in [0.29, 0.717) is 0 Å². The van der Waals surface area contributed by atoms with Crippen LogP contribution in [-0.2, 0) is 0 Å². The minimum atomic E-state index is 0.736. The Bertz CT molecular complexity index is 1360. The van der Waals surface area contributed by atoms with E-state index in [0.717, 1.165) is 44.5 Å². The van der Waals surface area contributed by atoms with Crippen LogP contribution in [-0.4, -0.2) is 20.4 Å². The van der Waals surface area contributed by atoms with Crippen LogP contribution in [0, 0.1) is 0 Å². The molecule has 3 N–H and O–H groups in total. The Hall–Kier alpha value is -3.49. The van der Waals surface area contributed by atoms with Gasteiger partial charge in [0.1, 0.15) is 12.1 Å². The topological polar surface area (TPSA) is 79.2 Å². The summed E-state index contributed by atoms with van der Waals surface area (Å²) >= 11 is 1.73.